The number of nitrogens with zero attached hydrogens (tertiary/aromatic N) is 1. The average Bonchev–Trinajstić information content (AvgIpc) is 2.56. The molecule has 0 saturated carbocycles. The Morgan fingerprint density at radius 3 is 2.69 bits per heavy atom. The van der Waals surface area contributed by atoms with E-state index in [1.807, 2.05) is 0 Å². The van der Waals surface area contributed by atoms with Gasteiger partial charge in [-0.1, -0.05) is 0 Å². The Kier molecular flexibility index (Phi) is 2.32. The molecule has 0 spiro atoms. The van der Waals surface area contributed by atoms with Crippen molar-refractivity contribution in [3.05, 3.63) is 29.7 Å². The Morgan fingerprint density at radius 2 is 2.06 bits per heavy atom. The summed E-state index contributed by atoms with van der Waals surface area (Å²) in [5.41, 5.74) is 0.806. The zero-order chi connectivity index (χ0) is 11.7. The lowest BCUT2D eigenvalue weighted by atomic mass is 10.2. The zero-order valence-corrected chi connectivity index (χ0v) is 8.01. The minimum atomic E-state index is -1.07. The van der Waals surface area contributed by atoms with Crippen LogP contribution in [0.3, 0.4) is 0 Å². The van der Waals surface area contributed by atoms with Crippen molar-refractivity contribution in [3.8, 4) is 0 Å². The molecule has 0 amide bonds. The lowest BCUT2D eigenvalue weighted by molar-refractivity contribution is -0.136. The van der Waals surface area contributed by atoms with Crippen LogP contribution in [0.1, 0.15) is 16.2 Å². The SMILES string of the molecule is O=C(O)Cc1nc2cc(C(=O)O)ccc2o1. The summed E-state index contributed by atoms with van der Waals surface area (Å²) in [4.78, 5) is 25.0. The Balaban J connectivity index is 2.45. The standard InChI is InChI=1S/C10H7NO5/c12-9(13)4-8-11-6-3-5(10(14)15)1-2-7(6)16-8/h1-3H,4H2,(H,12,13)(H,14,15). The minimum absolute atomic E-state index is 0.0602. The summed E-state index contributed by atoms with van der Waals surface area (Å²) < 4.78 is 5.13. The van der Waals surface area contributed by atoms with Crippen LogP contribution in [0.2, 0.25) is 0 Å². The van der Waals surface area contributed by atoms with Crippen molar-refractivity contribution in [1.82, 2.24) is 4.98 Å². The summed E-state index contributed by atoms with van der Waals surface area (Å²) in [5.74, 6) is -2.06. The lowest BCUT2D eigenvalue weighted by Crippen LogP contribution is -1.99. The van der Waals surface area contributed by atoms with Gasteiger partial charge in [-0.15, -0.1) is 0 Å². The molecule has 6 heteroatoms. The molecule has 0 fully saturated rings. The van der Waals surface area contributed by atoms with Crippen LogP contribution >= 0.6 is 0 Å². The van der Waals surface area contributed by atoms with Crippen molar-refractivity contribution in [1.29, 1.82) is 0 Å². The first-order chi connectivity index (χ1) is 7.56. The van der Waals surface area contributed by atoms with Gasteiger partial charge in [-0.05, 0) is 18.2 Å². The molecule has 0 saturated heterocycles. The number of oxazole rings is 1. The minimum Gasteiger partial charge on any atom is -0.481 e. The molecule has 0 aliphatic carbocycles. The number of aromatic carboxylic acids is 1. The van der Waals surface area contributed by atoms with E-state index in [1.54, 1.807) is 0 Å². The van der Waals surface area contributed by atoms with Gasteiger partial charge in [0.25, 0.3) is 0 Å². The number of carboxylic acids is 2. The number of carboxylic acid groups (broad SMARTS) is 2. The van der Waals surface area contributed by atoms with E-state index in [0.29, 0.717) is 11.1 Å². The molecule has 82 valence electrons. The van der Waals surface area contributed by atoms with E-state index in [4.69, 9.17) is 14.6 Å². The fourth-order valence-corrected chi connectivity index (χ4v) is 1.31. The molecule has 2 aromatic rings. The molecular weight excluding hydrogens is 214 g/mol. The first kappa shape index (κ1) is 10.2. The molecule has 1 aromatic heterocycles. The number of fused-ring (bicyclic) bond motifs is 1. The van der Waals surface area contributed by atoms with Crippen LogP contribution in [-0.2, 0) is 11.2 Å². The summed E-state index contributed by atoms with van der Waals surface area (Å²) in [7, 11) is 0. The molecule has 6 nitrogen and oxygen atoms in total. The number of hydrogen-bond acceptors (Lipinski definition) is 4. The maximum absolute atomic E-state index is 10.7. The van der Waals surface area contributed by atoms with E-state index in [2.05, 4.69) is 4.98 Å². The predicted molar refractivity (Wildman–Crippen MR) is 52.3 cm³/mol. The fraction of sp³-hybridized carbons (Fsp3) is 0.100. The van der Waals surface area contributed by atoms with Crippen molar-refractivity contribution < 1.29 is 24.2 Å². The van der Waals surface area contributed by atoms with Gasteiger partial charge >= 0.3 is 11.9 Å². The highest BCUT2D eigenvalue weighted by molar-refractivity contribution is 5.91. The normalized spacial score (nSPS) is 10.5. The van der Waals surface area contributed by atoms with Gasteiger partial charge in [-0.2, -0.15) is 0 Å². The summed E-state index contributed by atoms with van der Waals surface area (Å²) in [6.45, 7) is 0. The Hall–Kier alpha value is -2.37. The highest BCUT2D eigenvalue weighted by Gasteiger charge is 2.11. The third-order valence-corrected chi connectivity index (χ3v) is 1.98. The fourth-order valence-electron chi connectivity index (χ4n) is 1.31. The topological polar surface area (TPSA) is 101 Å². The first-order valence-corrected chi connectivity index (χ1v) is 4.41. The summed E-state index contributed by atoms with van der Waals surface area (Å²) in [5, 5.41) is 17.3. The van der Waals surface area contributed by atoms with Gasteiger partial charge in [0.15, 0.2) is 5.58 Å². The third-order valence-electron chi connectivity index (χ3n) is 1.98. The average molecular weight is 221 g/mol. The summed E-state index contributed by atoms with van der Waals surface area (Å²) >= 11 is 0. The van der Waals surface area contributed by atoms with Crippen LogP contribution in [0, 0.1) is 0 Å². The quantitative estimate of drug-likeness (QED) is 0.806. The molecule has 2 rings (SSSR count). The van der Waals surface area contributed by atoms with Gasteiger partial charge in [0.2, 0.25) is 5.89 Å². The van der Waals surface area contributed by atoms with Gasteiger partial charge in [-0.3, -0.25) is 4.79 Å². The van der Waals surface area contributed by atoms with Crippen molar-refractivity contribution in [2.24, 2.45) is 0 Å². The largest absolute Gasteiger partial charge is 0.481 e. The first-order valence-electron chi connectivity index (χ1n) is 4.41. The number of carbonyl (C=O) groups is 2. The monoisotopic (exact) mass is 221 g/mol. The Morgan fingerprint density at radius 1 is 1.31 bits per heavy atom. The third kappa shape index (κ3) is 1.85. The van der Waals surface area contributed by atoms with Crippen LogP contribution in [0.5, 0.6) is 0 Å². The van der Waals surface area contributed by atoms with Gasteiger partial charge in [0, 0.05) is 0 Å². The molecule has 0 bridgehead atoms. The second-order valence-corrected chi connectivity index (χ2v) is 3.17. The molecule has 2 N–H and O–H groups in total. The van der Waals surface area contributed by atoms with Crippen LogP contribution in [0.4, 0.5) is 0 Å². The maximum Gasteiger partial charge on any atom is 0.335 e. The molecule has 1 aromatic carbocycles. The summed E-state index contributed by atoms with van der Waals surface area (Å²) in [6, 6.07) is 4.17. The second kappa shape index (κ2) is 3.65. The van der Waals surface area contributed by atoms with Gasteiger partial charge in [0.1, 0.15) is 11.9 Å². The predicted octanol–water partition coefficient (Wildman–Crippen LogP) is 1.15. The number of aliphatic carboxylic acids is 1. The van der Waals surface area contributed by atoms with E-state index < -0.39 is 11.9 Å². The lowest BCUT2D eigenvalue weighted by Gasteiger charge is -1.91. The van der Waals surface area contributed by atoms with Gasteiger partial charge in [0.05, 0.1) is 5.56 Å². The molecule has 16 heavy (non-hydrogen) atoms. The molecule has 0 atom stereocenters. The maximum atomic E-state index is 10.7. The second-order valence-electron chi connectivity index (χ2n) is 3.17. The smallest absolute Gasteiger partial charge is 0.335 e. The van der Waals surface area contributed by atoms with Crippen LogP contribution in [0.25, 0.3) is 11.1 Å². The number of benzene rings is 1. The van der Waals surface area contributed by atoms with Crippen LogP contribution in [0.15, 0.2) is 22.6 Å². The number of rotatable bonds is 3. The van der Waals surface area contributed by atoms with Gasteiger partial charge < -0.3 is 14.6 Å². The molecule has 1 heterocycles. The van der Waals surface area contributed by atoms with E-state index in [9.17, 15) is 9.59 Å². The number of hydrogen-bond donors (Lipinski definition) is 2. The molecular formula is C10H7NO5. The zero-order valence-electron chi connectivity index (χ0n) is 8.01. The van der Waals surface area contributed by atoms with E-state index in [1.165, 1.54) is 18.2 Å². The Bertz CT molecular complexity index is 572. The van der Waals surface area contributed by atoms with E-state index in [-0.39, 0.29) is 17.9 Å². The molecule has 0 aliphatic heterocycles. The highest BCUT2D eigenvalue weighted by atomic mass is 16.4. The highest BCUT2D eigenvalue weighted by Crippen LogP contribution is 2.17. The summed E-state index contributed by atoms with van der Waals surface area (Å²) in [6.07, 6.45) is -0.322. The van der Waals surface area contributed by atoms with Crippen LogP contribution in [-0.4, -0.2) is 27.1 Å². The Labute approximate surface area is 89.1 Å². The van der Waals surface area contributed by atoms with Crippen molar-refractivity contribution >= 4 is 23.0 Å². The molecule has 0 radical (unpaired) electrons. The van der Waals surface area contributed by atoms with Gasteiger partial charge in [-0.25, -0.2) is 9.78 Å². The van der Waals surface area contributed by atoms with Crippen LogP contribution < -0.4 is 0 Å². The van der Waals surface area contributed by atoms with Crippen molar-refractivity contribution in [2.75, 3.05) is 0 Å². The molecule has 0 unspecified atom stereocenters. The molecule has 0 aliphatic rings. The van der Waals surface area contributed by atoms with Crippen molar-refractivity contribution in [3.63, 3.8) is 0 Å². The van der Waals surface area contributed by atoms with E-state index >= 15 is 0 Å². The van der Waals surface area contributed by atoms with E-state index in [0.717, 1.165) is 0 Å². The number of aromatic nitrogens is 1. The van der Waals surface area contributed by atoms with Crippen molar-refractivity contribution in [2.45, 2.75) is 6.42 Å².